The maximum absolute atomic E-state index is 13.1. The predicted octanol–water partition coefficient (Wildman–Crippen LogP) is 6.12. The van der Waals surface area contributed by atoms with Crippen LogP contribution in [0.3, 0.4) is 0 Å². The number of carbonyl (C=O) groups excluding carboxylic acids is 2. The number of rotatable bonds is 8. The average Bonchev–Trinajstić information content (AvgIpc) is 2.67. The van der Waals surface area contributed by atoms with Crippen LogP contribution < -0.4 is 5.32 Å². The standard InChI is InChI=1S/C24H30Cl2N2O2S/c1-16-6-10-20(11-7-16)31-13-12-22(29)28(17(2)23(30)27-24(3,4)5)15-18-8-9-19(25)14-21(18)26/h6-11,14,17H,12-13,15H2,1-5H3,(H,27,30). The molecule has 4 nitrogen and oxygen atoms in total. The van der Waals surface area contributed by atoms with Gasteiger partial charge in [0, 0.05) is 39.2 Å². The molecule has 31 heavy (non-hydrogen) atoms. The summed E-state index contributed by atoms with van der Waals surface area (Å²) in [5, 5.41) is 3.96. The molecule has 1 unspecified atom stereocenters. The SMILES string of the molecule is Cc1ccc(SCCC(=O)N(Cc2ccc(Cl)cc2Cl)C(C)C(=O)NC(C)(C)C)cc1. The Bertz CT molecular complexity index is 911. The number of thioether (sulfide) groups is 1. The highest BCUT2D eigenvalue weighted by atomic mass is 35.5. The lowest BCUT2D eigenvalue weighted by molar-refractivity contribution is -0.140. The van der Waals surface area contributed by atoms with Crippen molar-refractivity contribution in [3.05, 3.63) is 63.6 Å². The lowest BCUT2D eigenvalue weighted by Gasteiger charge is -2.31. The van der Waals surface area contributed by atoms with E-state index in [1.807, 2.05) is 27.7 Å². The van der Waals surface area contributed by atoms with Gasteiger partial charge in [0.1, 0.15) is 6.04 Å². The van der Waals surface area contributed by atoms with E-state index in [4.69, 9.17) is 23.2 Å². The lowest BCUT2D eigenvalue weighted by atomic mass is 10.1. The van der Waals surface area contributed by atoms with Gasteiger partial charge in [-0.3, -0.25) is 9.59 Å². The van der Waals surface area contributed by atoms with Crippen molar-refractivity contribution in [2.24, 2.45) is 0 Å². The fourth-order valence-electron chi connectivity index (χ4n) is 2.92. The van der Waals surface area contributed by atoms with Crippen LogP contribution in [0.1, 0.15) is 45.2 Å². The van der Waals surface area contributed by atoms with E-state index in [9.17, 15) is 9.59 Å². The summed E-state index contributed by atoms with van der Waals surface area (Å²) >= 11 is 14.0. The third-order valence-electron chi connectivity index (χ3n) is 4.63. The molecule has 0 saturated heterocycles. The van der Waals surface area contributed by atoms with Gasteiger partial charge < -0.3 is 10.2 Å². The highest BCUT2D eigenvalue weighted by Gasteiger charge is 2.28. The van der Waals surface area contributed by atoms with Crippen molar-refractivity contribution in [1.82, 2.24) is 10.2 Å². The zero-order valence-corrected chi connectivity index (χ0v) is 21.0. The molecule has 0 radical (unpaired) electrons. The molecule has 0 aliphatic rings. The molecule has 7 heteroatoms. The van der Waals surface area contributed by atoms with E-state index >= 15 is 0 Å². The van der Waals surface area contributed by atoms with E-state index in [-0.39, 0.29) is 23.9 Å². The Kier molecular flexibility index (Phi) is 9.28. The number of benzene rings is 2. The van der Waals surface area contributed by atoms with Crippen LogP contribution in [0.15, 0.2) is 47.4 Å². The van der Waals surface area contributed by atoms with Crippen LogP contribution in [-0.4, -0.2) is 34.0 Å². The largest absolute Gasteiger partial charge is 0.350 e. The van der Waals surface area contributed by atoms with Gasteiger partial charge >= 0.3 is 0 Å². The minimum atomic E-state index is -0.636. The Balaban J connectivity index is 2.13. The van der Waals surface area contributed by atoms with Crippen molar-refractivity contribution < 1.29 is 9.59 Å². The number of nitrogens with one attached hydrogen (secondary N) is 1. The van der Waals surface area contributed by atoms with Gasteiger partial charge in [0.25, 0.3) is 0 Å². The number of halogens is 2. The van der Waals surface area contributed by atoms with Crippen molar-refractivity contribution in [3.8, 4) is 0 Å². The first-order valence-electron chi connectivity index (χ1n) is 10.2. The highest BCUT2D eigenvalue weighted by Crippen LogP contribution is 2.25. The molecule has 0 aliphatic carbocycles. The number of hydrogen-bond donors (Lipinski definition) is 1. The fraction of sp³-hybridized carbons (Fsp3) is 0.417. The van der Waals surface area contributed by atoms with Gasteiger partial charge in [0.2, 0.25) is 11.8 Å². The maximum Gasteiger partial charge on any atom is 0.242 e. The average molecular weight is 481 g/mol. The predicted molar refractivity (Wildman–Crippen MR) is 131 cm³/mol. The zero-order chi connectivity index (χ0) is 23.2. The number of carbonyl (C=O) groups is 2. The molecule has 2 rings (SSSR count). The smallest absolute Gasteiger partial charge is 0.242 e. The second-order valence-electron chi connectivity index (χ2n) is 8.58. The summed E-state index contributed by atoms with van der Waals surface area (Å²) in [6.45, 7) is 9.77. The number of aryl methyl sites for hydroxylation is 1. The maximum atomic E-state index is 13.1. The van der Waals surface area contributed by atoms with Crippen LogP contribution in [0.4, 0.5) is 0 Å². The molecule has 0 heterocycles. The van der Waals surface area contributed by atoms with E-state index in [0.29, 0.717) is 22.2 Å². The van der Waals surface area contributed by atoms with Gasteiger partial charge in [0.05, 0.1) is 0 Å². The van der Waals surface area contributed by atoms with Crippen LogP contribution in [0.5, 0.6) is 0 Å². The summed E-state index contributed by atoms with van der Waals surface area (Å²) in [5.41, 5.74) is 1.56. The number of hydrogen-bond acceptors (Lipinski definition) is 3. The van der Waals surface area contributed by atoms with Gasteiger partial charge in [-0.15, -0.1) is 11.8 Å². The first-order chi connectivity index (χ1) is 14.5. The molecule has 0 saturated carbocycles. The summed E-state index contributed by atoms with van der Waals surface area (Å²) in [6, 6.07) is 12.7. The first-order valence-corrected chi connectivity index (χ1v) is 12.0. The molecule has 2 amide bonds. The van der Waals surface area contributed by atoms with Gasteiger partial charge in [0.15, 0.2) is 0 Å². The van der Waals surface area contributed by atoms with Crippen LogP contribution in [-0.2, 0) is 16.1 Å². The molecule has 0 aliphatic heterocycles. The van der Waals surface area contributed by atoms with E-state index in [1.165, 1.54) is 5.56 Å². The van der Waals surface area contributed by atoms with Crippen LogP contribution in [0, 0.1) is 6.92 Å². The number of amides is 2. The van der Waals surface area contributed by atoms with Crippen molar-refractivity contribution in [2.75, 3.05) is 5.75 Å². The fourth-order valence-corrected chi connectivity index (χ4v) is 4.23. The van der Waals surface area contributed by atoms with E-state index in [0.717, 1.165) is 10.5 Å². The summed E-state index contributed by atoms with van der Waals surface area (Å²) in [7, 11) is 0. The molecule has 1 atom stereocenters. The lowest BCUT2D eigenvalue weighted by Crippen LogP contribution is -2.52. The minimum Gasteiger partial charge on any atom is -0.350 e. The summed E-state index contributed by atoms with van der Waals surface area (Å²) in [5.74, 6) is 0.333. The molecule has 2 aromatic carbocycles. The van der Waals surface area contributed by atoms with Crippen molar-refractivity contribution in [2.45, 2.75) is 64.1 Å². The van der Waals surface area contributed by atoms with Crippen molar-refractivity contribution >= 4 is 46.8 Å². The second-order valence-corrected chi connectivity index (χ2v) is 10.6. The highest BCUT2D eigenvalue weighted by molar-refractivity contribution is 7.99. The Hall–Kier alpha value is -1.69. The monoisotopic (exact) mass is 480 g/mol. The molecular formula is C24H30Cl2N2O2S. The van der Waals surface area contributed by atoms with E-state index < -0.39 is 6.04 Å². The Morgan fingerprint density at radius 3 is 2.32 bits per heavy atom. The molecule has 0 aromatic heterocycles. The molecule has 0 fully saturated rings. The quantitative estimate of drug-likeness (QED) is 0.463. The third-order valence-corrected chi connectivity index (χ3v) is 6.23. The molecular weight excluding hydrogens is 451 g/mol. The Morgan fingerprint density at radius 1 is 1.10 bits per heavy atom. The zero-order valence-electron chi connectivity index (χ0n) is 18.7. The van der Waals surface area contributed by atoms with E-state index in [1.54, 1.807) is 41.8 Å². The van der Waals surface area contributed by atoms with E-state index in [2.05, 4.69) is 29.6 Å². The Morgan fingerprint density at radius 2 is 1.74 bits per heavy atom. The van der Waals surface area contributed by atoms with Crippen molar-refractivity contribution in [1.29, 1.82) is 0 Å². The third kappa shape index (κ3) is 8.40. The minimum absolute atomic E-state index is 0.0952. The first kappa shape index (κ1) is 25.6. The summed E-state index contributed by atoms with van der Waals surface area (Å²) in [6.07, 6.45) is 0.316. The van der Waals surface area contributed by atoms with Gasteiger partial charge in [-0.05, 0) is 64.4 Å². The number of nitrogens with zero attached hydrogens (tertiary/aromatic N) is 1. The molecule has 1 N–H and O–H groups in total. The second kappa shape index (κ2) is 11.3. The summed E-state index contributed by atoms with van der Waals surface area (Å²) < 4.78 is 0. The van der Waals surface area contributed by atoms with Gasteiger partial charge in [-0.2, -0.15) is 0 Å². The Labute approximate surface area is 199 Å². The van der Waals surface area contributed by atoms with Crippen LogP contribution in [0.2, 0.25) is 10.0 Å². The molecule has 2 aromatic rings. The van der Waals surface area contributed by atoms with Crippen LogP contribution in [0.25, 0.3) is 0 Å². The van der Waals surface area contributed by atoms with Crippen LogP contribution >= 0.6 is 35.0 Å². The molecule has 168 valence electrons. The van der Waals surface area contributed by atoms with Gasteiger partial charge in [-0.25, -0.2) is 0 Å². The topological polar surface area (TPSA) is 49.4 Å². The molecule has 0 spiro atoms. The van der Waals surface area contributed by atoms with Gasteiger partial charge in [-0.1, -0.05) is 47.0 Å². The van der Waals surface area contributed by atoms with Crippen molar-refractivity contribution in [3.63, 3.8) is 0 Å². The molecule has 0 bridgehead atoms. The summed E-state index contributed by atoms with van der Waals surface area (Å²) in [4.78, 5) is 28.6. The normalized spacial score (nSPS) is 12.4.